The van der Waals surface area contributed by atoms with Crippen molar-refractivity contribution in [3.63, 3.8) is 0 Å². The fourth-order valence-corrected chi connectivity index (χ4v) is 6.72. The minimum absolute atomic E-state index is 0.0924. The molecular weight excluding hydrogens is 728 g/mol. The summed E-state index contributed by atoms with van der Waals surface area (Å²) in [6, 6.07) is 28.8. The van der Waals surface area contributed by atoms with Crippen molar-refractivity contribution in [1.82, 2.24) is 10.6 Å². The van der Waals surface area contributed by atoms with Crippen molar-refractivity contribution in [1.29, 1.82) is 0 Å². The van der Waals surface area contributed by atoms with E-state index in [0.717, 1.165) is 22.9 Å². The number of amides is 4. The van der Waals surface area contributed by atoms with Gasteiger partial charge >= 0.3 is 0 Å². The van der Waals surface area contributed by atoms with Gasteiger partial charge in [-0.05, 0) is 78.3 Å². The Balaban J connectivity index is 0.000000233. The zero-order valence-corrected chi connectivity index (χ0v) is 30.8. The highest BCUT2D eigenvalue weighted by molar-refractivity contribution is 8.15. The normalized spacial score (nSPS) is 15.3. The van der Waals surface area contributed by atoms with E-state index in [1.54, 1.807) is 67.8 Å². The van der Waals surface area contributed by atoms with E-state index in [1.807, 2.05) is 42.7 Å². The van der Waals surface area contributed by atoms with Gasteiger partial charge in [-0.3, -0.25) is 29.8 Å². The Labute approximate surface area is 315 Å². The largest absolute Gasteiger partial charge is 0.496 e. The lowest BCUT2D eigenvalue weighted by Gasteiger charge is -2.15. The van der Waals surface area contributed by atoms with Crippen molar-refractivity contribution in [3.8, 4) is 17.2 Å². The van der Waals surface area contributed by atoms with Crippen molar-refractivity contribution in [2.24, 2.45) is 0 Å². The van der Waals surface area contributed by atoms with Gasteiger partial charge in [-0.25, -0.2) is 0 Å². The molecule has 4 N–H and O–H groups in total. The van der Waals surface area contributed by atoms with Crippen LogP contribution < -0.4 is 24.8 Å². The quantitative estimate of drug-likeness (QED) is 0.104. The van der Waals surface area contributed by atoms with Crippen molar-refractivity contribution in [3.05, 3.63) is 124 Å². The first kappa shape index (κ1) is 40.2. The molecule has 4 aromatic carbocycles. The summed E-state index contributed by atoms with van der Waals surface area (Å²) in [6.45, 7) is 0.198. The molecule has 4 atom stereocenters. The molecule has 0 spiro atoms. The smallest absolute Gasteiger partial charge is 0.286 e. The Morgan fingerprint density at radius 3 is 2.13 bits per heavy atom. The molecule has 4 amide bonds. The van der Waals surface area contributed by atoms with Crippen molar-refractivity contribution in [2.45, 2.75) is 35.5 Å². The number of aliphatic hydroxyl groups excluding tert-OH is 2. The molecule has 4 aromatic rings. The zero-order valence-electron chi connectivity index (χ0n) is 28.4. The Morgan fingerprint density at radius 1 is 0.923 bits per heavy atom. The van der Waals surface area contributed by atoms with Gasteiger partial charge in [0, 0.05) is 10.6 Å². The first-order chi connectivity index (χ1) is 25.1. The number of imide groups is 2. The third-order valence-corrected chi connectivity index (χ3v) is 9.95. The van der Waals surface area contributed by atoms with Gasteiger partial charge in [0.15, 0.2) is 0 Å². The van der Waals surface area contributed by atoms with Crippen LogP contribution in [0.1, 0.15) is 34.5 Å². The Bertz CT molecular complexity index is 1790. The summed E-state index contributed by atoms with van der Waals surface area (Å²) in [5, 5.41) is 24.5. The highest BCUT2D eigenvalue weighted by Crippen LogP contribution is 2.27. The molecular formula is C38H39ClN2O9S2. The van der Waals surface area contributed by atoms with E-state index in [0.29, 0.717) is 52.6 Å². The third kappa shape index (κ3) is 12.3. The molecule has 4 unspecified atom stereocenters. The summed E-state index contributed by atoms with van der Waals surface area (Å²) < 4.78 is 16.5. The molecule has 5 rings (SSSR count). The molecule has 274 valence electrons. The Hall–Kier alpha value is -4.53. The molecule has 1 aliphatic heterocycles. The second-order valence-electron chi connectivity index (χ2n) is 11.4. The van der Waals surface area contributed by atoms with Crippen molar-refractivity contribution in [2.75, 3.05) is 26.6 Å². The van der Waals surface area contributed by atoms with Crippen LogP contribution in [0.5, 0.6) is 17.2 Å². The van der Waals surface area contributed by atoms with Crippen LogP contribution in [0.25, 0.3) is 0 Å². The molecule has 1 heterocycles. The molecule has 0 saturated carbocycles. The van der Waals surface area contributed by atoms with Crippen LogP contribution in [0.3, 0.4) is 0 Å². The molecule has 11 nitrogen and oxygen atoms in total. The molecule has 0 aliphatic carbocycles. The predicted octanol–water partition coefficient (Wildman–Crippen LogP) is 5.70. The number of hydrogen-bond acceptors (Lipinski definition) is 11. The molecule has 52 heavy (non-hydrogen) atoms. The van der Waals surface area contributed by atoms with E-state index in [-0.39, 0.29) is 40.8 Å². The summed E-state index contributed by atoms with van der Waals surface area (Å²) in [6.07, 6.45) is 1.62. The average Bonchev–Trinajstić information content (AvgIpc) is 3.48. The van der Waals surface area contributed by atoms with E-state index < -0.39 is 12.2 Å². The standard InChI is InChI=1S/C19H20ClNO4S.C19H19NO5S/c1-26-18(19(24)21-12-22)9-13-5-7-16(8-6-13)25-11-17(23)14-3-2-4-15(20)10-14;1-24-16-5-3-2-4-14(16)15(21)11-25-13-8-6-12(7-9-13)10-17-18(22)20-19(23)26-17/h2-8,10,12,17-18,23H,9,11H2,1H3,(H,21,22,24);2-9,15,17,21H,10-11H2,1H3,(H,20,22,23). The van der Waals surface area contributed by atoms with Crippen LogP contribution in [0.15, 0.2) is 97.1 Å². The first-order valence-electron chi connectivity index (χ1n) is 16.1. The molecule has 0 bridgehead atoms. The number of benzene rings is 4. The van der Waals surface area contributed by atoms with Gasteiger partial charge in [0.1, 0.15) is 42.7 Å². The average molecular weight is 767 g/mol. The lowest BCUT2D eigenvalue weighted by atomic mass is 10.1. The predicted molar refractivity (Wildman–Crippen MR) is 202 cm³/mol. The SMILES string of the molecule is COc1ccccc1C(O)COc1ccc(CC2SC(=O)NC2=O)cc1.CSC(Cc1ccc(OCC(O)c2cccc(Cl)c2)cc1)C(=O)NC=O. The fourth-order valence-electron chi connectivity index (χ4n) is 5.03. The zero-order chi connectivity index (χ0) is 37.5. The van der Waals surface area contributed by atoms with Gasteiger partial charge in [-0.2, -0.15) is 11.8 Å². The van der Waals surface area contributed by atoms with Crippen LogP contribution in [0.4, 0.5) is 4.79 Å². The van der Waals surface area contributed by atoms with Crippen molar-refractivity contribution >= 4 is 58.6 Å². The molecule has 1 saturated heterocycles. The van der Waals surface area contributed by atoms with Gasteiger partial charge in [0.05, 0.1) is 17.6 Å². The number of ether oxygens (including phenoxy) is 3. The van der Waals surface area contributed by atoms with E-state index in [4.69, 9.17) is 25.8 Å². The number of hydrogen-bond donors (Lipinski definition) is 4. The van der Waals surface area contributed by atoms with Crippen LogP contribution >= 0.6 is 35.1 Å². The molecule has 14 heteroatoms. The summed E-state index contributed by atoms with van der Waals surface area (Å²) in [5.41, 5.74) is 3.25. The summed E-state index contributed by atoms with van der Waals surface area (Å²) in [4.78, 5) is 45.0. The number of methoxy groups -OCH3 is 1. The van der Waals surface area contributed by atoms with Gasteiger partial charge < -0.3 is 24.4 Å². The van der Waals surface area contributed by atoms with E-state index in [2.05, 4.69) is 10.6 Å². The van der Waals surface area contributed by atoms with Gasteiger partial charge in [0.2, 0.25) is 18.2 Å². The number of para-hydroxylation sites is 1. The topological polar surface area (TPSA) is 160 Å². The number of carbonyl (C=O) groups excluding carboxylic acids is 4. The molecule has 0 radical (unpaired) electrons. The minimum atomic E-state index is -0.810. The maximum absolute atomic E-state index is 11.8. The van der Waals surface area contributed by atoms with E-state index >= 15 is 0 Å². The minimum Gasteiger partial charge on any atom is -0.496 e. The lowest BCUT2D eigenvalue weighted by Crippen LogP contribution is -2.32. The van der Waals surface area contributed by atoms with Gasteiger partial charge in [-0.15, -0.1) is 0 Å². The monoisotopic (exact) mass is 766 g/mol. The molecule has 0 aromatic heterocycles. The van der Waals surface area contributed by atoms with E-state index in [9.17, 15) is 29.4 Å². The number of aliphatic hydroxyl groups is 2. The second kappa shape index (κ2) is 20.5. The number of halogens is 1. The molecule has 1 fully saturated rings. The Morgan fingerprint density at radius 2 is 1.56 bits per heavy atom. The van der Waals surface area contributed by atoms with Crippen LogP contribution in [0.2, 0.25) is 5.02 Å². The summed E-state index contributed by atoms with van der Waals surface area (Å²) >= 11 is 8.31. The third-order valence-electron chi connectivity index (χ3n) is 7.78. The maximum Gasteiger partial charge on any atom is 0.286 e. The lowest BCUT2D eigenvalue weighted by molar-refractivity contribution is -0.125. The van der Waals surface area contributed by atoms with Crippen LogP contribution in [-0.2, 0) is 27.2 Å². The summed E-state index contributed by atoms with van der Waals surface area (Å²) in [7, 11) is 1.56. The fraction of sp³-hybridized carbons (Fsp3) is 0.263. The van der Waals surface area contributed by atoms with Gasteiger partial charge in [-0.1, -0.05) is 78.0 Å². The van der Waals surface area contributed by atoms with Crippen molar-refractivity contribution < 1.29 is 43.6 Å². The van der Waals surface area contributed by atoms with E-state index in [1.165, 1.54) is 11.8 Å². The Kier molecular flexibility index (Phi) is 15.9. The molecule has 1 aliphatic rings. The number of nitrogens with one attached hydrogen (secondary N) is 2. The number of carbonyl (C=O) groups is 4. The number of thioether (sulfide) groups is 2. The second-order valence-corrected chi connectivity index (χ2v) is 14.0. The first-order valence-corrected chi connectivity index (χ1v) is 18.6. The number of rotatable bonds is 16. The summed E-state index contributed by atoms with van der Waals surface area (Å²) in [5.74, 6) is 1.29. The maximum atomic E-state index is 11.8. The highest BCUT2D eigenvalue weighted by atomic mass is 35.5. The van der Waals surface area contributed by atoms with Crippen LogP contribution in [0, 0.1) is 0 Å². The van der Waals surface area contributed by atoms with Crippen LogP contribution in [-0.4, -0.2) is 70.8 Å². The van der Waals surface area contributed by atoms with Gasteiger partial charge in [0.25, 0.3) is 5.24 Å². The highest BCUT2D eigenvalue weighted by Gasteiger charge is 2.31.